The zero-order valence-electron chi connectivity index (χ0n) is 11.3. The van der Waals surface area contributed by atoms with E-state index >= 15 is 0 Å². The molecule has 106 valence electrons. The predicted molar refractivity (Wildman–Crippen MR) is 86.8 cm³/mol. The van der Waals surface area contributed by atoms with Crippen LogP contribution in [0.1, 0.15) is 18.4 Å². The molecule has 2 aromatic rings. The largest absolute Gasteiger partial charge is 0.381 e. The van der Waals surface area contributed by atoms with Crippen LogP contribution in [0.5, 0.6) is 0 Å². The lowest BCUT2D eigenvalue weighted by Crippen LogP contribution is -2.47. The predicted octanol–water partition coefficient (Wildman–Crippen LogP) is 5.03. The topological polar surface area (TPSA) is 35.8 Å². The van der Waals surface area contributed by atoms with Crippen molar-refractivity contribution in [3.8, 4) is 6.07 Å². The Kier molecular flexibility index (Phi) is 3.80. The van der Waals surface area contributed by atoms with Gasteiger partial charge in [0, 0.05) is 11.1 Å². The highest BCUT2D eigenvalue weighted by Gasteiger charge is 2.46. The van der Waals surface area contributed by atoms with E-state index < -0.39 is 0 Å². The maximum Gasteiger partial charge on any atom is 0.0861 e. The molecule has 1 N–H and O–H groups in total. The fourth-order valence-corrected chi connectivity index (χ4v) is 3.32. The summed E-state index contributed by atoms with van der Waals surface area (Å²) in [6.07, 6.45) is 1.57. The summed E-state index contributed by atoms with van der Waals surface area (Å²) in [5.41, 5.74) is 1.58. The smallest absolute Gasteiger partial charge is 0.0861 e. The van der Waals surface area contributed by atoms with Crippen molar-refractivity contribution in [3.63, 3.8) is 0 Å². The number of halogens is 2. The van der Waals surface area contributed by atoms with Crippen molar-refractivity contribution in [2.24, 2.45) is 0 Å². The Morgan fingerprint density at radius 3 is 2.43 bits per heavy atom. The van der Waals surface area contributed by atoms with Gasteiger partial charge in [0.05, 0.1) is 22.2 Å². The Morgan fingerprint density at radius 2 is 1.81 bits per heavy atom. The molecule has 4 heteroatoms. The van der Waals surface area contributed by atoms with Gasteiger partial charge in [0.2, 0.25) is 0 Å². The van der Waals surface area contributed by atoms with Gasteiger partial charge in [0.15, 0.2) is 0 Å². The van der Waals surface area contributed by atoms with E-state index in [0.717, 1.165) is 24.1 Å². The van der Waals surface area contributed by atoms with Crippen LogP contribution in [0.15, 0.2) is 48.5 Å². The van der Waals surface area contributed by atoms with Gasteiger partial charge in [0.1, 0.15) is 0 Å². The Hall–Kier alpha value is -1.69. The Morgan fingerprint density at radius 1 is 1.10 bits per heavy atom. The molecule has 0 spiro atoms. The summed E-state index contributed by atoms with van der Waals surface area (Å²) in [4.78, 5) is 0. The lowest BCUT2D eigenvalue weighted by molar-refractivity contribution is 0.289. The summed E-state index contributed by atoms with van der Waals surface area (Å²) in [5, 5.41) is 14.2. The number of nitrogens with zero attached hydrogens (tertiary/aromatic N) is 1. The van der Waals surface area contributed by atoms with E-state index in [0.29, 0.717) is 10.0 Å². The highest BCUT2D eigenvalue weighted by Crippen LogP contribution is 2.45. The first kappa shape index (κ1) is 14.3. The highest BCUT2D eigenvalue weighted by molar-refractivity contribution is 6.36. The molecule has 0 atom stereocenters. The van der Waals surface area contributed by atoms with E-state index in [-0.39, 0.29) is 11.5 Å². The van der Waals surface area contributed by atoms with Crippen molar-refractivity contribution in [1.29, 1.82) is 5.26 Å². The summed E-state index contributed by atoms with van der Waals surface area (Å²) in [5.74, 6) is 0. The summed E-state index contributed by atoms with van der Waals surface area (Å²) >= 11 is 12.1. The van der Waals surface area contributed by atoms with Crippen LogP contribution < -0.4 is 5.32 Å². The van der Waals surface area contributed by atoms with Crippen molar-refractivity contribution < 1.29 is 0 Å². The molecule has 2 nitrogen and oxygen atoms in total. The molecule has 2 aromatic carbocycles. The van der Waals surface area contributed by atoms with Crippen molar-refractivity contribution >= 4 is 28.9 Å². The van der Waals surface area contributed by atoms with E-state index in [1.165, 1.54) is 0 Å². The van der Waals surface area contributed by atoms with Gasteiger partial charge in [0.25, 0.3) is 0 Å². The van der Waals surface area contributed by atoms with Gasteiger partial charge in [-0.15, -0.1) is 0 Å². The first-order chi connectivity index (χ1) is 10.1. The molecule has 1 saturated carbocycles. The zero-order chi connectivity index (χ0) is 14.9. The number of rotatable bonds is 3. The fourth-order valence-electron chi connectivity index (χ4n) is 2.86. The standard InChI is InChI=1S/C17H14Cl2N2/c18-13-6-7-16(15(19)8-13)21-14-9-17(10-14,11-20)12-4-2-1-3-5-12/h1-8,14,21H,9-10H2. The molecule has 3 rings (SSSR count). The molecule has 0 aliphatic heterocycles. The quantitative estimate of drug-likeness (QED) is 0.862. The van der Waals surface area contributed by atoms with Crippen molar-refractivity contribution in [2.45, 2.75) is 24.3 Å². The molecule has 0 aromatic heterocycles. The number of hydrogen-bond acceptors (Lipinski definition) is 2. The minimum Gasteiger partial charge on any atom is -0.381 e. The van der Waals surface area contributed by atoms with Crippen LogP contribution in [0, 0.1) is 11.3 Å². The van der Waals surface area contributed by atoms with Gasteiger partial charge in [-0.3, -0.25) is 0 Å². The highest BCUT2D eigenvalue weighted by atomic mass is 35.5. The van der Waals surface area contributed by atoms with Gasteiger partial charge >= 0.3 is 0 Å². The zero-order valence-corrected chi connectivity index (χ0v) is 12.8. The molecular weight excluding hydrogens is 303 g/mol. The second-order valence-corrected chi connectivity index (χ2v) is 6.28. The minimum absolute atomic E-state index is 0.253. The van der Waals surface area contributed by atoms with E-state index in [2.05, 4.69) is 11.4 Å². The van der Waals surface area contributed by atoms with Gasteiger partial charge < -0.3 is 5.32 Å². The number of nitrogens with one attached hydrogen (secondary N) is 1. The third-order valence-electron chi connectivity index (χ3n) is 4.02. The molecule has 0 unspecified atom stereocenters. The number of anilines is 1. The average Bonchev–Trinajstić information content (AvgIpc) is 2.45. The summed E-state index contributed by atoms with van der Waals surface area (Å²) in [7, 11) is 0. The molecule has 1 aliphatic carbocycles. The molecule has 0 heterocycles. The summed E-state index contributed by atoms with van der Waals surface area (Å²) in [6.45, 7) is 0. The van der Waals surface area contributed by atoms with Crippen LogP contribution in [-0.4, -0.2) is 6.04 Å². The van der Waals surface area contributed by atoms with E-state index in [1.54, 1.807) is 6.07 Å². The summed E-state index contributed by atoms with van der Waals surface area (Å²) in [6, 6.07) is 18.1. The Bertz CT molecular complexity index is 686. The lowest BCUT2D eigenvalue weighted by Gasteiger charge is -2.43. The average molecular weight is 317 g/mol. The first-order valence-corrected chi connectivity index (χ1v) is 7.57. The molecule has 0 bridgehead atoms. The Labute approximate surface area is 134 Å². The van der Waals surface area contributed by atoms with E-state index in [9.17, 15) is 5.26 Å². The van der Waals surface area contributed by atoms with E-state index in [4.69, 9.17) is 23.2 Å². The third-order valence-corrected chi connectivity index (χ3v) is 4.57. The van der Waals surface area contributed by atoms with Crippen LogP contribution >= 0.6 is 23.2 Å². The minimum atomic E-state index is -0.377. The second kappa shape index (κ2) is 5.60. The fraction of sp³-hybridized carbons (Fsp3) is 0.235. The van der Waals surface area contributed by atoms with Crippen LogP contribution in [0.25, 0.3) is 0 Å². The molecule has 21 heavy (non-hydrogen) atoms. The van der Waals surface area contributed by atoms with E-state index in [1.807, 2.05) is 42.5 Å². The van der Waals surface area contributed by atoms with Crippen molar-refractivity contribution in [3.05, 3.63) is 64.1 Å². The molecule has 0 radical (unpaired) electrons. The monoisotopic (exact) mass is 316 g/mol. The number of nitriles is 1. The van der Waals surface area contributed by atoms with Crippen LogP contribution in [-0.2, 0) is 5.41 Å². The van der Waals surface area contributed by atoms with Gasteiger partial charge in [-0.1, -0.05) is 53.5 Å². The maximum atomic E-state index is 9.54. The van der Waals surface area contributed by atoms with Crippen LogP contribution in [0.3, 0.4) is 0 Å². The third kappa shape index (κ3) is 2.72. The second-order valence-electron chi connectivity index (χ2n) is 5.43. The summed E-state index contributed by atoms with van der Waals surface area (Å²) < 4.78 is 0. The molecule has 1 aliphatic rings. The van der Waals surface area contributed by atoms with Gasteiger partial charge in [-0.25, -0.2) is 0 Å². The van der Waals surface area contributed by atoms with Crippen molar-refractivity contribution in [1.82, 2.24) is 0 Å². The Balaban J connectivity index is 1.71. The maximum absolute atomic E-state index is 9.54. The normalized spacial score (nSPS) is 24.0. The van der Waals surface area contributed by atoms with Crippen LogP contribution in [0.2, 0.25) is 10.0 Å². The first-order valence-electron chi connectivity index (χ1n) is 6.81. The molecular formula is C17H14Cl2N2. The number of hydrogen-bond donors (Lipinski definition) is 1. The molecule has 0 amide bonds. The number of benzene rings is 2. The van der Waals surface area contributed by atoms with Crippen molar-refractivity contribution in [2.75, 3.05) is 5.32 Å². The van der Waals surface area contributed by atoms with Gasteiger partial charge in [-0.2, -0.15) is 5.26 Å². The molecule has 1 fully saturated rings. The lowest BCUT2D eigenvalue weighted by atomic mass is 9.62. The molecule has 0 saturated heterocycles. The van der Waals surface area contributed by atoms with Crippen LogP contribution in [0.4, 0.5) is 5.69 Å². The SMILES string of the molecule is N#CC1(c2ccccc2)CC(Nc2ccc(Cl)cc2Cl)C1. The van der Waals surface area contributed by atoms with Gasteiger partial charge in [-0.05, 0) is 36.6 Å².